The molecule has 0 spiro atoms. The molecule has 0 aromatic rings. The number of rotatable bonds is 4. The van der Waals surface area contributed by atoms with Crippen LogP contribution < -0.4 is 5.32 Å². The summed E-state index contributed by atoms with van der Waals surface area (Å²) in [6.07, 6.45) is 8.40. The van der Waals surface area contributed by atoms with Crippen molar-refractivity contribution >= 4 is 11.9 Å². The Kier molecular flexibility index (Phi) is 3.17. The number of fused-ring (bicyclic) bond motifs is 1. The maximum atomic E-state index is 12.3. The molecule has 2 heterocycles. The van der Waals surface area contributed by atoms with Gasteiger partial charge in [0.2, 0.25) is 5.91 Å². The Balaban J connectivity index is 1.91. The second kappa shape index (κ2) is 4.57. The Bertz CT molecular complexity index is 516. The highest BCUT2D eigenvalue weighted by atomic mass is 16.6. The normalized spacial score (nSPS) is 44.8. The zero-order chi connectivity index (χ0) is 15.3. The highest BCUT2D eigenvalue weighted by Gasteiger charge is 2.76. The summed E-state index contributed by atoms with van der Waals surface area (Å²) in [6, 6.07) is 0. The van der Waals surface area contributed by atoms with Crippen LogP contribution in [0.25, 0.3) is 0 Å². The van der Waals surface area contributed by atoms with E-state index in [4.69, 9.17) is 4.74 Å². The number of carbonyl (C=O) groups excluding carboxylic acids is 2. The molecule has 3 rings (SSSR count). The molecule has 116 valence electrons. The fourth-order valence-corrected chi connectivity index (χ4v) is 4.27. The lowest BCUT2D eigenvalue weighted by Gasteiger charge is -2.54. The van der Waals surface area contributed by atoms with Gasteiger partial charge in [0.25, 0.3) is 0 Å². The van der Waals surface area contributed by atoms with Crippen LogP contribution in [0.2, 0.25) is 0 Å². The van der Waals surface area contributed by atoms with Gasteiger partial charge in [-0.15, -0.1) is 0 Å². The number of nitrogens with one attached hydrogen (secondary N) is 1. The molecule has 4 atom stereocenters. The van der Waals surface area contributed by atoms with E-state index in [1.54, 1.807) is 0 Å². The molecule has 2 N–H and O–H groups in total. The minimum atomic E-state index is -0.930. The Labute approximate surface area is 124 Å². The van der Waals surface area contributed by atoms with Gasteiger partial charge in [0.05, 0.1) is 5.92 Å². The van der Waals surface area contributed by atoms with Gasteiger partial charge in [0.15, 0.2) is 11.1 Å². The van der Waals surface area contributed by atoms with Crippen molar-refractivity contribution in [1.82, 2.24) is 5.32 Å². The molecule has 2 fully saturated rings. The molecular weight excluding hydrogens is 270 g/mol. The zero-order valence-corrected chi connectivity index (χ0v) is 12.6. The predicted molar refractivity (Wildman–Crippen MR) is 76.3 cm³/mol. The molecule has 21 heavy (non-hydrogen) atoms. The van der Waals surface area contributed by atoms with Crippen LogP contribution in [0.1, 0.15) is 46.0 Å². The molecule has 0 radical (unpaired) electrons. The lowest BCUT2D eigenvalue weighted by molar-refractivity contribution is -0.224. The van der Waals surface area contributed by atoms with Crippen LogP contribution in [0.3, 0.4) is 0 Å². The van der Waals surface area contributed by atoms with Gasteiger partial charge in [-0.2, -0.15) is 0 Å². The Morgan fingerprint density at radius 1 is 1.43 bits per heavy atom. The molecule has 0 aromatic carbocycles. The summed E-state index contributed by atoms with van der Waals surface area (Å²) in [4.78, 5) is 24.5. The van der Waals surface area contributed by atoms with Crippen molar-refractivity contribution in [3.05, 3.63) is 12.2 Å². The Morgan fingerprint density at radius 2 is 2.19 bits per heavy atom. The molecule has 3 aliphatic rings. The number of ether oxygens (including phenoxy) is 1. The number of aliphatic hydroxyl groups is 1. The lowest BCUT2D eigenvalue weighted by atomic mass is 9.62. The smallest absolute Gasteiger partial charge is 0.336 e. The van der Waals surface area contributed by atoms with Crippen LogP contribution in [0.15, 0.2) is 12.2 Å². The topological polar surface area (TPSA) is 75.6 Å². The van der Waals surface area contributed by atoms with E-state index in [9.17, 15) is 14.7 Å². The van der Waals surface area contributed by atoms with E-state index in [0.29, 0.717) is 12.8 Å². The second-order valence-corrected chi connectivity index (χ2v) is 7.08. The predicted octanol–water partition coefficient (Wildman–Crippen LogP) is 1.31. The molecule has 1 aliphatic carbocycles. The fourth-order valence-electron chi connectivity index (χ4n) is 4.27. The van der Waals surface area contributed by atoms with Crippen molar-refractivity contribution in [2.24, 2.45) is 11.3 Å². The van der Waals surface area contributed by atoms with Crippen molar-refractivity contribution in [1.29, 1.82) is 0 Å². The van der Waals surface area contributed by atoms with E-state index in [1.165, 1.54) is 0 Å². The van der Waals surface area contributed by atoms with Crippen molar-refractivity contribution in [3.63, 3.8) is 0 Å². The molecule has 5 nitrogen and oxygen atoms in total. The van der Waals surface area contributed by atoms with E-state index in [0.717, 1.165) is 19.3 Å². The van der Waals surface area contributed by atoms with E-state index in [1.807, 2.05) is 6.92 Å². The first-order valence-corrected chi connectivity index (χ1v) is 7.71. The number of aliphatic hydroxyl groups excluding tert-OH is 1. The van der Waals surface area contributed by atoms with Crippen molar-refractivity contribution in [3.8, 4) is 0 Å². The van der Waals surface area contributed by atoms with Gasteiger partial charge in [-0.25, -0.2) is 4.79 Å². The second-order valence-electron chi connectivity index (χ2n) is 7.08. The van der Waals surface area contributed by atoms with Crippen LogP contribution in [-0.4, -0.2) is 34.7 Å². The molecule has 2 aliphatic heterocycles. The lowest BCUT2D eigenvalue weighted by Crippen LogP contribution is -2.75. The average Bonchev–Trinajstić information content (AvgIpc) is 2.58. The number of amides is 1. The standard InChI is InChI=1S/C16H23NO4/c1-14(7-4-3-5-8-14)10-16-13(20)21-15(16,2)11(6-9-18)12(19)17-16/h4,7,11,18H,3,5-6,8-10H2,1-2H3,(H,17,19)/t11-,14?,15-,16-/m0/s1. The van der Waals surface area contributed by atoms with Crippen molar-refractivity contribution < 1.29 is 19.4 Å². The van der Waals surface area contributed by atoms with Crippen LogP contribution in [0.5, 0.6) is 0 Å². The average molecular weight is 293 g/mol. The monoisotopic (exact) mass is 293 g/mol. The first-order chi connectivity index (χ1) is 9.87. The third-order valence-electron chi connectivity index (χ3n) is 5.54. The molecule has 1 unspecified atom stereocenters. The van der Waals surface area contributed by atoms with Crippen LogP contribution in [0.4, 0.5) is 0 Å². The number of allylic oxidation sites excluding steroid dienone is 2. The Hall–Kier alpha value is -1.36. The summed E-state index contributed by atoms with van der Waals surface area (Å²) < 4.78 is 5.42. The number of hydrogen-bond donors (Lipinski definition) is 2. The molecular formula is C16H23NO4. The highest BCUT2D eigenvalue weighted by molar-refractivity contribution is 6.01. The van der Waals surface area contributed by atoms with E-state index in [2.05, 4.69) is 24.4 Å². The van der Waals surface area contributed by atoms with Crippen LogP contribution >= 0.6 is 0 Å². The molecule has 2 saturated heterocycles. The maximum Gasteiger partial charge on any atom is 0.336 e. The van der Waals surface area contributed by atoms with Gasteiger partial charge in [0.1, 0.15) is 0 Å². The molecule has 0 aromatic heterocycles. The third-order valence-corrected chi connectivity index (χ3v) is 5.54. The summed E-state index contributed by atoms with van der Waals surface area (Å²) in [5.41, 5.74) is -1.86. The van der Waals surface area contributed by atoms with Gasteiger partial charge in [0, 0.05) is 6.61 Å². The van der Waals surface area contributed by atoms with Gasteiger partial charge < -0.3 is 15.2 Å². The number of carbonyl (C=O) groups is 2. The fraction of sp³-hybridized carbons (Fsp3) is 0.750. The maximum absolute atomic E-state index is 12.3. The molecule has 0 saturated carbocycles. The first-order valence-electron chi connectivity index (χ1n) is 7.71. The SMILES string of the molecule is CC1(C[C@@]23NC(=O)[C@H](CCO)[C@]2(C)OC3=O)C=CCCC1. The van der Waals surface area contributed by atoms with Crippen molar-refractivity contribution in [2.75, 3.05) is 6.61 Å². The first kappa shape index (κ1) is 14.6. The quantitative estimate of drug-likeness (QED) is 0.605. The summed E-state index contributed by atoms with van der Waals surface area (Å²) in [5.74, 6) is -0.976. The highest BCUT2D eigenvalue weighted by Crippen LogP contribution is 2.55. The summed E-state index contributed by atoms with van der Waals surface area (Å²) in [7, 11) is 0. The summed E-state index contributed by atoms with van der Waals surface area (Å²) in [5, 5.41) is 12.1. The molecule has 0 bridgehead atoms. The largest absolute Gasteiger partial charge is 0.453 e. The summed E-state index contributed by atoms with van der Waals surface area (Å²) >= 11 is 0. The van der Waals surface area contributed by atoms with Gasteiger partial charge >= 0.3 is 5.97 Å². The van der Waals surface area contributed by atoms with Gasteiger partial charge in [-0.3, -0.25) is 4.79 Å². The molecule has 5 heteroatoms. The van der Waals surface area contributed by atoms with Crippen LogP contribution in [-0.2, 0) is 14.3 Å². The van der Waals surface area contributed by atoms with Crippen LogP contribution in [0, 0.1) is 11.3 Å². The van der Waals surface area contributed by atoms with E-state index >= 15 is 0 Å². The molecule has 1 amide bonds. The third kappa shape index (κ3) is 1.86. The number of hydrogen-bond acceptors (Lipinski definition) is 4. The summed E-state index contributed by atoms with van der Waals surface area (Å²) in [6.45, 7) is 3.87. The number of esters is 1. The van der Waals surface area contributed by atoms with Crippen molar-refractivity contribution in [2.45, 2.75) is 57.1 Å². The van der Waals surface area contributed by atoms with Gasteiger partial charge in [-0.05, 0) is 44.4 Å². The Morgan fingerprint density at radius 3 is 2.76 bits per heavy atom. The minimum Gasteiger partial charge on any atom is -0.453 e. The minimum absolute atomic E-state index is 0.0848. The van der Waals surface area contributed by atoms with E-state index < -0.39 is 17.1 Å². The van der Waals surface area contributed by atoms with E-state index in [-0.39, 0.29) is 23.9 Å². The van der Waals surface area contributed by atoms with Gasteiger partial charge in [-0.1, -0.05) is 19.1 Å². The zero-order valence-electron chi connectivity index (χ0n) is 12.6.